The van der Waals surface area contributed by atoms with Gasteiger partial charge in [-0.25, -0.2) is 0 Å². The quantitative estimate of drug-likeness (QED) is 0.712. The molecule has 2 aromatic heterocycles. The van der Waals surface area contributed by atoms with Crippen LogP contribution in [0.1, 0.15) is 11.1 Å². The normalized spacial score (nSPS) is 10.8. The summed E-state index contributed by atoms with van der Waals surface area (Å²) in [4.78, 5) is 14.3. The van der Waals surface area contributed by atoms with Gasteiger partial charge in [0.1, 0.15) is 6.54 Å². The molecule has 0 atom stereocenters. The second-order valence-electron chi connectivity index (χ2n) is 6.08. The minimum absolute atomic E-state index is 0.0461. The topological polar surface area (TPSA) is 71.7 Å². The molecule has 0 aliphatic carbocycles. The molecule has 2 heterocycles. The highest BCUT2D eigenvalue weighted by molar-refractivity contribution is 7.71. The number of hydrogen-bond acceptors (Lipinski definition) is 4. The first-order chi connectivity index (χ1) is 11.9. The molecular formula is C17H20N6OS. The van der Waals surface area contributed by atoms with Crippen molar-refractivity contribution in [2.45, 2.75) is 20.0 Å². The Labute approximate surface area is 150 Å². The van der Waals surface area contributed by atoms with Crippen molar-refractivity contribution in [2.24, 2.45) is 7.05 Å². The number of benzene rings is 1. The zero-order chi connectivity index (χ0) is 18.0. The molecule has 0 radical (unpaired) electrons. The molecule has 1 N–H and O–H groups in total. The van der Waals surface area contributed by atoms with E-state index in [0.29, 0.717) is 17.1 Å². The van der Waals surface area contributed by atoms with Crippen LogP contribution in [0.3, 0.4) is 0 Å². The molecule has 0 aliphatic rings. The van der Waals surface area contributed by atoms with Crippen molar-refractivity contribution >= 4 is 18.1 Å². The monoisotopic (exact) mass is 356 g/mol. The third kappa shape index (κ3) is 3.85. The molecule has 7 nitrogen and oxygen atoms in total. The van der Waals surface area contributed by atoms with Crippen LogP contribution in [0.25, 0.3) is 11.4 Å². The summed E-state index contributed by atoms with van der Waals surface area (Å²) in [5, 5.41) is 11.2. The highest BCUT2D eigenvalue weighted by atomic mass is 32.1. The van der Waals surface area contributed by atoms with E-state index in [9.17, 15) is 4.79 Å². The Morgan fingerprint density at radius 2 is 2.20 bits per heavy atom. The molecule has 1 amide bonds. The number of nitrogens with one attached hydrogen (secondary N) is 1. The lowest BCUT2D eigenvalue weighted by molar-refractivity contribution is -0.131. The maximum atomic E-state index is 12.6. The number of aromatic nitrogens is 5. The fourth-order valence-electron chi connectivity index (χ4n) is 2.64. The summed E-state index contributed by atoms with van der Waals surface area (Å²) >= 11 is 5.30. The van der Waals surface area contributed by atoms with Gasteiger partial charge in [-0.05, 0) is 25.2 Å². The number of hydrogen-bond donors (Lipinski definition) is 1. The van der Waals surface area contributed by atoms with E-state index in [0.717, 1.165) is 16.7 Å². The molecule has 25 heavy (non-hydrogen) atoms. The molecule has 0 saturated heterocycles. The van der Waals surface area contributed by atoms with E-state index in [-0.39, 0.29) is 12.5 Å². The average molecular weight is 356 g/mol. The predicted octanol–water partition coefficient (Wildman–Crippen LogP) is 2.31. The number of likely N-dealkylation sites (N-methyl/N-ethyl adjacent to an activating group) is 1. The van der Waals surface area contributed by atoms with Crippen molar-refractivity contribution in [3.8, 4) is 11.4 Å². The Morgan fingerprint density at radius 1 is 1.40 bits per heavy atom. The number of aromatic amines is 1. The standard InChI is InChI=1S/C17H20N6OS/c1-12-5-4-6-14(7-12)16-19-20-17(25)23(16)11-15(24)21(2)9-13-8-18-22(3)10-13/h4-8,10H,9,11H2,1-3H3,(H,20,25). The minimum Gasteiger partial charge on any atom is -0.340 e. The van der Waals surface area contributed by atoms with E-state index in [4.69, 9.17) is 12.2 Å². The van der Waals surface area contributed by atoms with Gasteiger partial charge in [0.25, 0.3) is 0 Å². The van der Waals surface area contributed by atoms with Crippen LogP contribution < -0.4 is 0 Å². The first-order valence-corrected chi connectivity index (χ1v) is 8.28. The van der Waals surface area contributed by atoms with Gasteiger partial charge in [-0.15, -0.1) is 0 Å². The van der Waals surface area contributed by atoms with Crippen molar-refractivity contribution in [1.29, 1.82) is 0 Å². The molecule has 0 spiro atoms. The van der Waals surface area contributed by atoms with Crippen LogP contribution in [0.2, 0.25) is 0 Å². The van der Waals surface area contributed by atoms with Gasteiger partial charge in [-0.3, -0.25) is 19.1 Å². The number of H-pyrrole nitrogens is 1. The molecule has 8 heteroatoms. The fraction of sp³-hybridized carbons (Fsp3) is 0.294. The molecule has 0 fully saturated rings. The summed E-state index contributed by atoms with van der Waals surface area (Å²) in [6, 6.07) is 7.95. The maximum absolute atomic E-state index is 12.6. The van der Waals surface area contributed by atoms with Crippen LogP contribution in [-0.4, -0.2) is 42.4 Å². The van der Waals surface area contributed by atoms with E-state index in [1.54, 1.807) is 27.4 Å². The summed E-state index contributed by atoms with van der Waals surface area (Å²) in [5.74, 6) is 0.618. The Morgan fingerprint density at radius 3 is 2.88 bits per heavy atom. The average Bonchev–Trinajstić information content (AvgIpc) is 3.14. The first-order valence-electron chi connectivity index (χ1n) is 7.88. The summed E-state index contributed by atoms with van der Waals surface area (Å²) in [5.41, 5.74) is 3.03. The third-order valence-electron chi connectivity index (χ3n) is 3.93. The van der Waals surface area contributed by atoms with Gasteiger partial charge in [-0.1, -0.05) is 23.8 Å². The number of nitrogens with zero attached hydrogens (tertiary/aromatic N) is 5. The van der Waals surface area contributed by atoms with Gasteiger partial charge in [0, 0.05) is 38.0 Å². The van der Waals surface area contributed by atoms with Gasteiger partial charge >= 0.3 is 0 Å². The molecule has 3 aromatic rings. The Kier molecular flexibility index (Phi) is 4.80. The van der Waals surface area contributed by atoms with Crippen LogP contribution in [0.15, 0.2) is 36.7 Å². The smallest absolute Gasteiger partial charge is 0.242 e. The second kappa shape index (κ2) is 7.02. The van der Waals surface area contributed by atoms with Gasteiger partial charge in [0.2, 0.25) is 5.91 Å². The zero-order valence-corrected chi connectivity index (χ0v) is 15.2. The fourth-order valence-corrected chi connectivity index (χ4v) is 2.84. The molecule has 0 bridgehead atoms. The third-order valence-corrected chi connectivity index (χ3v) is 4.24. The van der Waals surface area contributed by atoms with Crippen molar-refractivity contribution < 1.29 is 4.79 Å². The van der Waals surface area contributed by atoms with Crippen LogP contribution in [-0.2, 0) is 24.9 Å². The number of amides is 1. The van der Waals surface area contributed by atoms with Crippen molar-refractivity contribution in [2.75, 3.05) is 7.05 Å². The SMILES string of the molecule is Cc1cccc(-c2n[nH]c(=S)n2CC(=O)N(C)Cc2cnn(C)c2)c1. The van der Waals surface area contributed by atoms with Crippen molar-refractivity contribution in [3.63, 3.8) is 0 Å². The zero-order valence-electron chi connectivity index (χ0n) is 14.4. The summed E-state index contributed by atoms with van der Waals surface area (Å²) < 4.78 is 3.88. The lowest BCUT2D eigenvalue weighted by atomic mass is 10.1. The molecule has 0 unspecified atom stereocenters. The van der Waals surface area contributed by atoms with Crippen LogP contribution in [0, 0.1) is 11.7 Å². The van der Waals surface area contributed by atoms with Gasteiger partial charge in [0.15, 0.2) is 10.6 Å². The number of aryl methyl sites for hydroxylation is 2. The minimum atomic E-state index is -0.0461. The van der Waals surface area contributed by atoms with Crippen LogP contribution in [0.4, 0.5) is 0 Å². The summed E-state index contributed by atoms with van der Waals surface area (Å²) in [6.07, 6.45) is 3.65. The van der Waals surface area contributed by atoms with Gasteiger partial charge < -0.3 is 4.90 Å². The molecule has 3 rings (SSSR count). The largest absolute Gasteiger partial charge is 0.340 e. The van der Waals surface area contributed by atoms with E-state index >= 15 is 0 Å². The highest BCUT2D eigenvalue weighted by Crippen LogP contribution is 2.18. The van der Waals surface area contributed by atoms with E-state index < -0.39 is 0 Å². The maximum Gasteiger partial charge on any atom is 0.242 e. The van der Waals surface area contributed by atoms with Crippen LogP contribution >= 0.6 is 12.2 Å². The number of carbonyl (C=O) groups is 1. The molecular weight excluding hydrogens is 336 g/mol. The van der Waals surface area contributed by atoms with E-state index in [1.165, 1.54) is 0 Å². The van der Waals surface area contributed by atoms with E-state index in [2.05, 4.69) is 15.3 Å². The lowest BCUT2D eigenvalue weighted by Crippen LogP contribution is -2.30. The molecule has 0 saturated carbocycles. The Balaban J connectivity index is 1.79. The highest BCUT2D eigenvalue weighted by Gasteiger charge is 2.16. The molecule has 0 aliphatic heterocycles. The second-order valence-corrected chi connectivity index (χ2v) is 6.47. The Bertz CT molecular complexity index is 954. The van der Waals surface area contributed by atoms with E-state index in [1.807, 2.05) is 44.4 Å². The lowest BCUT2D eigenvalue weighted by Gasteiger charge is -2.17. The molecule has 1 aromatic carbocycles. The van der Waals surface area contributed by atoms with Gasteiger partial charge in [0.05, 0.1) is 6.20 Å². The Hall–Kier alpha value is -2.74. The number of rotatable bonds is 5. The summed E-state index contributed by atoms with van der Waals surface area (Å²) in [6.45, 7) is 2.65. The molecule has 130 valence electrons. The van der Waals surface area contributed by atoms with Crippen LogP contribution in [0.5, 0.6) is 0 Å². The summed E-state index contributed by atoms with van der Waals surface area (Å²) in [7, 11) is 3.62. The van der Waals surface area contributed by atoms with Crippen molar-refractivity contribution in [3.05, 3.63) is 52.6 Å². The van der Waals surface area contributed by atoms with Crippen molar-refractivity contribution in [1.82, 2.24) is 29.4 Å². The predicted molar refractivity (Wildman–Crippen MR) is 97.3 cm³/mol. The number of carbonyl (C=O) groups excluding carboxylic acids is 1. The first kappa shape index (κ1) is 17.1. The van der Waals surface area contributed by atoms with Gasteiger partial charge in [-0.2, -0.15) is 10.2 Å².